The predicted molar refractivity (Wildman–Crippen MR) is 33.9 cm³/mol. The highest BCUT2D eigenvalue weighted by molar-refractivity contribution is 5.73. The topological polar surface area (TPSA) is 26.3 Å². The molecule has 1 rings (SSSR count). The Morgan fingerprint density at radius 2 is 2.44 bits per heavy atom. The number of carbonyl (C=O) groups is 1. The van der Waals surface area contributed by atoms with Crippen LogP contribution in [-0.4, -0.2) is 12.9 Å². The molecule has 9 heavy (non-hydrogen) atoms. The fourth-order valence-corrected chi connectivity index (χ4v) is 0.622. The number of carbonyl (C=O) groups excluding carboxylic acids is 1. The van der Waals surface area contributed by atoms with E-state index in [-0.39, 0.29) is 0 Å². The molecule has 1 heterocycles. The van der Waals surface area contributed by atoms with Gasteiger partial charge in [-0.15, -0.1) is 0 Å². The molecule has 0 atom stereocenters. The molecule has 0 aromatic rings. The fraction of sp³-hybridized carbons (Fsp3) is 0.286. The molecule has 1 aliphatic rings. The van der Waals surface area contributed by atoms with Crippen LogP contribution in [0.1, 0.15) is 6.42 Å². The summed E-state index contributed by atoms with van der Waals surface area (Å²) in [7, 11) is 0. The van der Waals surface area contributed by atoms with E-state index >= 15 is 0 Å². The minimum Gasteiger partial charge on any atom is -0.497 e. The molecule has 0 amide bonds. The summed E-state index contributed by atoms with van der Waals surface area (Å²) < 4.78 is 4.92. The van der Waals surface area contributed by atoms with E-state index in [1.165, 1.54) is 6.26 Å². The minimum atomic E-state index is 0.581. The van der Waals surface area contributed by atoms with Crippen molar-refractivity contribution in [2.45, 2.75) is 6.42 Å². The molecule has 2 heteroatoms. The molecule has 0 bridgehead atoms. The molecule has 0 N–H and O–H groups in total. The van der Waals surface area contributed by atoms with E-state index in [4.69, 9.17) is 4.74 Å². The molecule has 1 aliphatic heterocycles. The lowest BCUT2D eigenvalue weighted by atomic mass is 10.2. The van der Waals surface area contributed by atoms with Crippen LogP contribution in [0.5, 0.6) is 0 Å². The van der Waals surface area contributed by atoms with Crippen LogP contribution < -0.4 is 0 Å². The molecule has 48 valence electrons. The zero-order chi connectivity index (χ0) is 6.53. The lowest BCUT2D eigenvalue weighted by Crippen LogP contribution is -1.82. The Bertz CT molecular complexity index is 156. The van der Waals surface area contributed by atoms with Gasteiger partial charge in [0.2, 0.25) is 0 Å². The molecule has 0 unspecified atom stereocenters. The monoisotopic (exact) mass is 124 g/mol. The van der Waals surface area contributed by atoms with Gasteiger partial charge in [-0.05, 0) is 6.42 Å². The number of aldehydes is 1. The van der Waals surface area contributed by atoms with E-state index in [0.29, 0.717) is 18.6 Å². The molecule has 0 aliphatic carbocycles. The Labute approximate surface area is 53.8 Å². The maximum atomic E-state index is 10.1. The van der Waals surface area contributed by atoms with E-state index in [9.17, 15) is 4.79 Å². The number of hydrogen-bond acceptors (Lipinski definition) is 2. The van der Waals surface area contributed by atoms with E-state index in [2.05, 4.69) is 0 Å². The van der Waals surface area contributed by atoms with Gasteiger partial charge in [0.25, 0.3) is 0 Å². The maximum Gasteiger partial charge on any atom is 0.149 e. The Balaban J connectivity index is 2.58. The van der Waals surface area contributed by atoms with Gasteiger partial charge in [0.05, 0.1) is 6.26 Å². The van der Waals surface area contributed by atoms with Gasteiger partial charge in [-0.2, -0.15) is 0 Å². The highest BCUT2D eigenvalue weighted by atomic mass is 16.5. The third-order valence-electron chi connectivity index (χ3n) is 1.10. The van der Waals surface area contributed by atoms with Gasteiger partial charge in [-0.25, -0.2) is 0 Å². The summed E-state index contributed by atoms with van der Waals surface area (Å²) in [6.07, 6.45) is 6.84. The van der Waals surface area contributed by atoms with Gasteiger partial charge in [0.1, 0.15) is 12.9 Å². The molecule has 0 fully saturated rings. The van der Waals surface area contributed by atoms with E-state index in [1.807, 2.05) is 12.2 Å². The van der Waals surface area contributed by atoms with Crippen molar-refractivity contribution < 1.29 is 9.53 Å². The highest BCUT2D eigenvalue weighted by Crippen LogP contribution is 2.02. The Kier molecular flexibility index (Phi) is 2.07. The first-order valence-corrected chi connectivity index (χ1v) is 2.84. The molecule has 0 aromatic heterocycles. The van der Waals surface area contributed by atoms with Crippen molar-refractivity contribution in [2.24, 2.45) is 0 Å². The van der Waals surface area contributed by atoms with Crippen molar-refractivity contribution in [1.82, 2.24) is 0 Å². The largest absolute Gasteiger partial charge is 0.497 e. The normalized spacial score (nSPS) is 17.6. The van der Waals surface area contributed by atoms with Gasteiger partial charge in [-0.1, -0.05) is 12.2 Å². The summed E-state index contributed by atoms with van der Waals surface area (Å²) in [6, 6.07) is 0. The third-order valence-corrected chi connectivity index (χ3v) is 1.10. The van der Waals surface area contributed by atoms with Gasteiger partial charge in [0, 0.05) is 5.57 Å². The summed E-state index contributed by atoms with van der Waals surface area (Å²) >= 11 is 0. The minimum absolute atomic E-state index is 0.581. The average molecular weight is 124 g/mol. The second kappa shape index (κ2) is 3.07. The first-order chi connectivity index (χ1) is 4.43. The summed E-state index contributed by atoms with van der Waals surface area (Å²) in [5.74, 6) is 0. The maximum absolute atomic E-state index is 10.1. The first-order valence-electron chi connectivity index (χ1n) is 2.84. The highest BCUT2D eigenvalue weighted by Gasteiger charge is 1.94. The number of hydrogen-bond donors (Lipinski definition) is 0. The Morgan fingerprint density at radius 1 is 1.56 bits per heavy atom. The van der Waals surface area contributed by atoms with E-state index < -0.39 is 0 Å². The molecule has 0 saturated carbocycles. The SMILES string of the molecule is O=CC1=COCC=CC1. The second-order valence-corrected chi connectivity index (χ2v) is 1.82. The van der Waals surface area contributed by atoms with Crippen molar-refractivity contribution in [3.63, 3.8) is 0 Å². The average Bonchev–Trinajstić information content (AvgIpc) is 2.13. The molecule has 0 aromatic carbocycles. The zero-order valence-corrected chi connectivity index (χ0v) is 5.04. The van der Waals surface area contributed by atoms with Crippen LogP contribution in [0.25, 0.3) is 0 Å². The van der Waals surface area contributed by atoms with Gasteiger partial charge < -0.3 is 4.74 Å². The summed E-state index contributed by atoms with van der Waals surface area (Å²) in [5.41, 5.74) is 0.698. The lowest BCUT2D eigenvalue weighted by molar-refractivity contribution is -0.105. The quantitative estimate of drug-likeness (QED) is 0.385. The standard InChI is InChI=1S/C7H8O2/c8-5-7-3-1-2-4-9-6-7/h1-2,5-6H,3-4H2. The molecular formula is C7H8O2. The summed E-state index contributed by atoms with van der Waals surface area (Å²) in [4.78, 5) is 10.1. The van der Waals surface area contributed by atoms with Crippen molar-refractivity contribution in [2.75, 3.05) is 6.61 Å². The zero-order valence-electron chi connectivity index (χ0n) is 5.04. The third kappa shape index (κ3) is 1.72. The molecule has 2 nitrogen and oxygen atoms in total. The van der Waals surface area contributed by atoms with Crippen LogP contribution in [0.4, 0.5) is 0 Å². The number of allylic oxidation sites excluding steroid dienone is 2. The van der Waals surface area contributed by atoms with Crippen LogP contribution in [0.2, 0.25) is 0 Å². The van der Waals surface area contributed by atoms with E-state index in [1.54, 1.807) is 0 Å². The Morgan fingerprint density at radius 3 is 3.22 bits per heavy atom. The van der Waals surface area contributed by atoms with Crippen LogP contribution in [0.15, 0.2) is 24.0 Å². The summed E-state index contributed by atoms with van der Waals surface area (Å²) in [6.45, 7) is 0.581. The van der Waals surface area contributed by atoms with Crippen molar-refractivity contribution in [1.29, 1.82) is 0 Å². The number of ether oxygens (including phenoxy) is 1. The number of rotatable bonds is 1. The van der Waals surface area contributed by atoms with Crippen molar-refractivity contribution in [3.8, 4) is 0 Å². The van der Waals surface area contributed by atoms with Gasteiger partial charge in [-0.3, -0.25) is 4.79 Å². The van der Waals surface area contributed by atoms with Gasteiger partial charge in [0.15, 0.2) is 0 Å². The fourth-order valence-electron chi connectivity index (χ4n) is 0.622. The van der Waals surface area contributed by atoms with E-state index in [0.717, 1.165) is 6.29 Å². The van der Waals surface area contributed by atoms with Crippen LogP contribution in [0.3, 0.4) is 0 Å². The van der Waals surface area contributed by atoms with Crippen LogP contribution >= 0.6 is 0 Å². The molecule has 0 radical (unpaired) electrons. The lowest BCUT2D eigenvalue weighted by Gasteiger charge is -1.90. The predicted octanol–water partition coefficient (Wildman–Crippen LogP) is 1.05. The summed E-state index contributed by atoms with van der Waals surface area (Å²) in [5, 5.41) is 0. The van der Waals surface area contributed by atoms with Crippen molar-refractivity contribution >= 4 is 6.29 Å². The molecule has 0 spiro atoms. The second-order valence-electron chi connectivity index (χ2n) is 1.82. The Hall–Kier alpha value is -1.05. The van der Waals surface area contributed by atoms with Crippen LogP contribution in [-0.2, 0) is 9.53 Å². The van der Waals surface area contributed by atoms with Gasteiger partial charge >= 0.3 is 0 Å². The molecular weight excluding hydrogens is 116 g/mol. The smallest absolute Gasteiger partial charge is 0.149 e. The molecule has 0 saturated heterocycles. The van der Waals surface area contributed by atoms with Crippen molar-refractivity contribution in [3.05, 3.63) is 24.0 Å². The van der Waals surface area contributed by atoms with Crippen LogP contribution in [0, 0.1) is 0 Å². The first kappa shape index (κ1) is 6.08.